The highest BCUT2D eigenvalue weighted by Gasteiger charge is 2.33. The van der Waals surface area contributed by atoms with E-state index in [1.54, 1.807) is 30.5 Å². The second kappa shape index (κ2) is 24.9. The maximum Gasteiger partial charge on any atom is 0.326 e. The maximum absolute atomic E-state index is 13.6. The van der Waals surface area contributed by atoms with Gasteiger partial charge in [-0.1, -0.05) is 30.3 Å². The van der Waals surface area contributed by atoms with Crippen molar-refractivity contribution in [2.45, 2.75) is 81.3 Å². The third-order valence-electron chi connectivity index (χ3n) is 9.60. The van der Waals surface area contributed by atoms with Crippen LogP contribution in [0.15, 0.2) is 54.7 Å². The number of carboxylic acid groups (broad SMARTS) is 2. The second-order valence-electron chi connectivity index (χ2n) is 14.7. The van der Waals surface area contributed by atoms with E-state index in [-0.39, 0.29) is 31.4 Å². The standard InChI is InChI=1S/C40H52N10O15/c1-19(34(58)49-28(40(64)65)13-21-15-43-25-5-3-2-4-23(21)25)45-38(62)29(17-51)46-32(55)16-44-36(60)27(14-33(56)57)48-37(61)26(12-20-6-8-22(53)9-7-20)47-39(63)30(18-52)50-35(59)24(41)10-11-31(42)54/h2-9,15,19,24,26-30,43,51-53H,10-14,16-18,41H2,1H3,(H2,42,54)(H,44,60)(H,45,62)(H,46,55)(H,47,63)(H,48,61)(H,49,58)(H,50,59)(H,56,57)(H,64,65)/t19-,24-,26-,27-,28-,29-,30-/m0/s1. The number of benzene rings is 2. The summed E-state index contributed by atoms with van der Waals surface area (Å²) >= 11 is 0. The molecule has 0 radical (unpaired) electrons. The Labute approximate surface area is 369 Å². The van der Waals surface area contributed by atoms with Crippen LogP contribution in [0.1, 0.15) is 37.3 Å². The van der Waals surface area contributed by atoms with E-state index in [1.165, 1.54) is 31.2 Å². The van der Waals surface area contributed by atoms with Crippen LogP contribution in [-0.2, 0) is 60.8 Å². The number of aliphatic carboxylic acids is 2. The molecule has 1 heterocycles. The summed E-state index contributed by atoms with van der Waals surface area (Å²) in [6.45, 7) is -1.71. The number of phenolic OH excluding ortho intramolecular Hbond substituents is 1. The molecule has 65 heavy (non-hydrogen) atoms. The van der Waals surface area contributed by atoms with Crippen molar-refractivity contribution in [1.82, 2.24) is 42.2 Å². The van der Waals surface area contributed by atoms with Gasteiger partial charge in [0.05, 0.1) is 32.2 Å². The Kier molecular flexibility index (Phi) is 19.8. The molecule has 17 N–H and O–H groups in total. The molecule has 0 saturated carbocycles. The first kappa shape index (κ1) is 51.7. The molecule has 0 aliphatic heterocycles. The van der Waals surface area contributed by atoms with Crippen LogP contribution in [0.2, 0.25) is 0 Å². The van der Waals surface area contributed by atoms with Gasteiger partial charge in [-0.3, -0.25) is 43.2 Å². The van der Waals surface area contributed by atoms with Crippen molar-refractivity contribution in [3.63, 3.8) is 0 Å². The Balaban J connectivity index is 1.63. The molecule has 0 spiro atoms. The number of aliphatic hydroxyl groups is 2. The summed E-state index contributed by atoms with van der Waals surface area (Å²) in [5, 5.41) is 64.9. The van der Waals surface area contributed by atoms with Gasteiger partial charge in [-0.2, -0.15) is 0 Å². The van der Waals surface area contributed by atoms with Gasteiger partial charge in [-0.15, -0.1) is 0 Å². The zero-order valence-electron chi connectivity index (χ0n) is 34.9. The number of hydrogen-bond acceptors (Lipinski definition) is 14. The number of primary amides is 1. The normalized spacial score (nSPS) is 14.2. The molecule has 7 atom stereocenters. The van der Waals surface area contributed by atoms with Gasteiger partial charge in [0, 0.05) is 36.4 Å². The van der Waals surface area contributed by atoms with Gasteiger partial charge in [-0.05, 0) is 42.7 Å². The molecular formula is C40H52N10O15. The molecule has 25 heteroatoms. The lowest BCUT2D eigenvalue weighted by atomic mass is 10.0. The Morgan fingerprint density at radius 1 is 0.662 bits per heavy atom. The van der Waals surface area contributed by atoms with Crippen molar-refractivity contribution >= 4 is 70.1 Å². The van der Waals surface area contributed by atoms with Gasteiger partial charge in [0.15, 0.2) is 0 Å². The van der Waals surface area contributed by atoms with Crippen LogP contribution in [0.3, 0.4) is 0 Å². The zero-order chi connectivity index (χ0) is 48.4. The Morgan fingerprint density at radius 2 is 1.23 bits per heavy atom. The van der Waals surface area contributed by atoms with Crippen LogP contribution < -0.4 is 48.7 Å². The molecule has 0 aliphatic carbocycles. The molecule has 0 fully saturated rings. The van der Waals surface area contributed by atoms with Crippen molar-refractivity contribution in [2.24, 2.45) is 11.5 Å². The van der Waals surface area contributed by atoms with Crippen LogP contribution in [0.4, 0.5) is 0 Å². The fourth-order valence-corrected chi connectivity index (χ4v) is 6.03. The highest BCUT2D eigenvalue weighted by molar-refractivity contribution is 5.98. The number of amides is 8. The fraction of sp³-hybridized carbons (Fsp3) is 0.400. The zero-order valence-corrected chi connectivity index (χ0v) is 34.9. The van der Waals surface area contributed by atoms with Gasteiger partial charge < -0.3 is 79.2 Å². The Bertz CT molecular complexity index is 2220. The molecule has 352 valence electrons. The van der Waals surface area contributed by atoms with Crippen LogP contribution in [0.5, 0.6) is 5.75 Å². The number of carbonyl (C=O) groups is 10. The molecule has 0 saturated heterocycles. The van der Waals surface area contributed by atoms with E-state index < -0.39 is 128 Å². The van der Waals surface area contributed by atoms with E-state index in [9.17, 15) is 73.5 Å². The third-order valence-corrected chi connectivity index (χ3v) is 9.60. The van der Waals surface area contributed by atoms with Crippen molar-refractivity contribution in [3.8, 4) is 5.75 Å². The number of para-hydroxylation sites is 1. The molecule has 2 aromatic carbocycles. The number of aliphatic hydroxyl groups excluding tert-OH is 2. The minimum absolute atomic E-state index is 0.106. The SMILES string of the molecule is C[C@H](NC(=O)[C@H](CO)NC(=O)CNC(=O)[C@H](CC(=O)O)NC(=O)[C@H](Cc1ccc(O)cc1)NC(=O)[C@H](CO)NC(=O)[C@@H](N)CCC(N)=O)C(=O)N[C@@H](Cc1c[nH]c2ccccc12)C(=O)O. The van der Waals surface area contributed by atoms with Gasteiger partial charge in [0.25, 0.3) is 0 Å². The third kappa shape index (κ3) is 16.5. The molecule has 3 aromatic rings. The summed E-state index contributed by atoms with van der Waals surface area (Å²) < 4.78 is 0. The van der Waals surface area contributed by atoms with E-state index in [1.807, 2.05) is 0 Å². The lowest BCUT2D eigenvalue weighted by Crippen LogP contribution is -2.59. The first-order chi connectivity index (χ1) is 30.7. The first-order valence-corrected chi connectivity index (χ1v) is 19.8. The van der Waals surface area contributed by atoms with Gasteiger partial charge in [-0.25, -0.2) is 4.79 Å². The van der Waals surface area contributed by atoms with Crippen LogP contribution in [-0.4, -0.2) is 152 Å². The van der Waals surface area contributed by atoms with E-state index in [2.05, 4.69) is 42.2 Å². The number of fused-ring (bicyclic) bond motifs is 1. The largest absolute Gasteiger partial charge is 0.508 e. The first-order valence-electron chi connectivity index (χ1n) is 19.8. The van der Waals surface area contributed by atoms with E-state index in [0.717, 1.165) is 10.9 Å². The second-order valence-corrected chi connectivity index (χ2v) is 14.7. The number of carboxylic acids is 2. The number of nitrogens with one attached hydrogen (secondary N) is 8. The van der Waals surface area contributed by atoms with Gasteiger partial charge in [0.2, 0.25) is 47.3 Å². The highest BCUT2D eigenvalue weighted by Crippen LogP contribution is 2.19. The fourth-order valence-electron chi connectivity index (χ4n) is 6.03. The lowest BCUT2D eigenvalue weighted by molar-refractivity contribution is -0.142. The number of hydrogen-bond donors (Lipinski definition) is 15. The predicted molar refractivity (Wildman–Crippen MR) is 225 cm³/mol. The van der Waals surface area contributed by atoms with Crippen LogP contribution in [0, 0.1) is 0 Å². The topological polar surface area (TPSA) is 424 Å². The number of carbonyl (C=O) groups excluding carboxylic acids is 8. The van der Waals surface area contributed by atoms with Crippen molar-refractivity contribution in [1.29, 1.82) is 0 Å². The van der Waals surface area contributed by atoms with Crippen molar-refractivity contribution in [3.05, 3.63) is 65.9 Å². The maximum atomic E-state index is 13.6. The molecule has 3 rings (SSSR count). The summed E-state index contributed by atoms with van der Waals surface area (Å²) in [6.07, 6.45) is -0.347. The quantitative estimate of drug-likeness (QED) is 0.0358. The van der Waals surface area contributed by atoms with Gasteiger partial charge >= 0.3 is 11.9 Å². The average Bonchev–Trinajstić information content (AvgIpc) is 3.67. The summed E-state index contributed by atoms with van der Waals surface area (Å²) in [5.74, 6) is -11.4. The lowest BCUT2D eigenvalue weighted by Gasteiger charge is -2.25. The van der Waals surface area contributed by atoms with E-state index in [4.69, 9.17) is 11.5 Å². The minimum Gasteiger partial charge on any atom is -0.508 e. The smallest absolute Gasteiger partial charge is 0.326 e. The summed E-state index contributed by atoms with van der Waals surface area (Å²) in [7, 11) is 0. The van der Waals surface area contributed by atoms with Crippen molar-refractivity contribution in [2.75, 3.05) is 19.8 Å². The Morgan fingerprint density at radius 3 is 1.85 bits per heavy atom. The highest BCUT2D eigenvalue weighted by atomic mass is 16.4. The predicted octanol–water partition coefficient (Wildman–Crippen LogP) is -5.16. The number of nitrogens with two attached hydrogens (primary N) is 2. The van der Waals surface area contributed by atoms with E-state index in [0.29, 0.717) is 11.1 Å². The molecular weight excluding hydrogens is 860 g/mol. The molecule has 25 nitrogen and oxygen atoms in total. The van der Waals surface area contributed by atoms with E-state index >= 15 is 0 Å². The average molecular weight is 913 g/mol. The molecule has 8 amide bonds. The summed E-state index contributed by atoms with van der Waals surface area (Å²) in [4.78, 5) is 129. The number of aromatic nitrogens is 1. The van der Waals surface area contributed by atoms with Crippen LogP contribution >= 0.6 is 0 Å². The number of H-pyrrole nitrogens is 1. The minimum atomic E-state index is -1.90. The monoisotopic (exact) mass is 912 g/mol. The molecule has 0 unspecified atom stereocenters. The van der Waals surface area contributed by atoms with Crippen molar-refractivity contribution < 1.29 is 73.5 Å². The number of rotatable bonds is 26. The number of aromatic amines is 1. The summed E-state index contributed by atoms with van der Waals surface area (Å²) in [6, 6.07) is 1.38. The molecule has 0 aliphatic rings. The Hall–Kier alpha value is -7.64. The number of phenols is 1. The molecule has 1 aromatic heterocycles. The van der Waals surface area contributed by atoms with Gasteiger partial charge in [0.1, 0.15) is 42.0 Å². The molecule has 0 bridgehead atoms. The number of aromatic hydroxyl groups is 1. The van der Waals surface area contributed by atoms with Crippen LogP contribution in [0.25, 0.3) is 10.9 Å². The summed E-state index contributed by atoms with van der Waals surface area (Å²) in [5.41, 5.74) is 12.5.